The highest BCUT2D eigenvalue weighted by atomic mass is 79.9. The molecule has 0 saturated carbocycles. The lowest BCUT2D eigenvalue weighted by Crippen LogP contribution is -2.35. The summed E-state index contributed by atoms with van der Waals surface area (Å²) in [6, 6.07) is 13.0. The quantitative estimate of drug-likeness (QED) is 0.844. The van der Waals surface area contributed by atoms with Gasteiger partial charge >= 0.3 is 0 Å². The van der Waals surface area contributed by atoms with Gasteiger partial charge in [-0.25, -0.2) is 0 Å². The molecule has 0 fully saturated rings. The van der Waals surface area contributed by atoms with Crippen LogP contribution < -0.4 is 14.4 Å². The van der Waals surface area contributed by atoms with E-state index in [1.54, 1.807) is 12.0 Å². The van der Waals surface area contributed by atoms with Crippen molar-refractivity contribution in [1.29, 1.82) is 0 Å². The molecule has 3 rings (SSSR count). The number of carbonyl (C=O) groups is 1. The van der Waals surface area contributed by atoms with Gasteiger partial charge in [0.05, 0.1) is 18.5 Å². The molecule has 0 N–H and O–H groups in total. The number of nitrogens with zero attached hydrogens (tertiary/aromatic N) is 1. The molecule has 0 radical (unpaired) electrons. The van der Waals surface area contributed by atoms with E-state index in [1.165, 1.54) is 0 Å². The number of anilines is 2. The van der Waals surface area contributed by atoms with Crippen LogP contribution in [0.4, 0.5) is 11.4 Å². The number of hydrogen-bond donors (Lipinski definition) is 0. The van der Waals surface area contributed by atoms with Crippen molar-refractivity contribution in [3.63, 3.8) is 0 Å². The molecule has 1 amide bonds. The van der Waals surface area contributed by atoms with Crippen molar-refractivity contribution in [2.75, 3.05) is 18.6 Å². The number of carbonyl (C=O) groups excluding carboxylic acids is 1. The zero-order chi connectivity index (χ0) is 14.1. The average molecular weight is 334 g/mol. The fourth-order valence-electron chi connectivity index (χ4n) is 2.16. The number of fused-ring (bicyclic) bond motifs is 1. The predicted molar refractivity (Wildman–Crippen MR) is 79.8 cm³/mol. The van der Waals surface area contributed by atoms with Gasteiger partial charge in [-0.1, -0.05) is 22.0 Å². The first-order valence-corrected chi connectivity index (χ1v) is 6.88. The van der Waals surface area contributed by atoms with Crippen LogP contribution in [0.3, 0.4) is 0 Å². The van der Waals surface area contributed by atoms with E-state index in [0.29, 0.717) is 11.5 Å². The minimum absolute atomic E-state index is 0.0336. The van der Waals surface area contributed by atoms with E-state index >= 15 is 0 Å². The first-order chi connectivity index (χ1) is 9.69. The second kappa shape index (κ2) is 5.17. The third-order valence-corrected chi connectivity index (χ3v) is 3.57. The first kappa shape index (κ1) is 13.0. The molecule has 1 aliphatic heterocycles. The van der Waals surface area contributed by atoms with Crippen molar-refractivity contribution in [1.82, 2.24) is 0 Å². The van der Waals surface area contributed by atoms with Gasteiger partial charge in [0.1, 0.15) is 11.5 Å². The van der Waals surface area contributed by atoms with Crippen LogP contribution in [-0.2, 0) is 4.79 Å². The molecule has 5 heteroatoms. The summed E-state index contributed by atoms with van der Waals surface area (Å²) in [5.41, 5.74) is 1.49. The number of benzene rings is 2. The Bertz CT molecular complexity index is 672. The van der Waals surface area contributed by atoms with Crippen molar-refractivity contribution < 1.29 is 14.3 Å². The van der Waals surface area contributed by atoms with Gasteiger partial charge in [0.2, 0.25) is 0 Å². The molecule has 0 unspecified atom stereocenters. The monoisotopic (exact) mass is 333 g/mol. The minimum atomic E-state index is -0.108. The largest absolute Gasteiger partial charge is 0.497 e. The Morgan fingerprint density at radius 1 is 1.25 bits per heavy atom. The van der Waals surface area contributed by atoms with Crippen LogP contribution >= 0.6 is 15.9 Å². The smallest absolute Gasteiger partial charge is 0.269 e. The Hall–Kier alpha value is -2.01. The van der Waals surface area contributed by atoms with Crippen LogP contribution in [0.2, 0.25) is 0 Å². The predicted octanol–water partition coefficient (Wildman–Crippen LogP) is 3.51. The average Bonchev–Trinajstić information content (AvgIpc) is 2.47. The van der Waals surface area contributed by atoms with Crippen LogP contribution in [0.1, 0.15) is 0 Å². The molecule has 20 heavy (non-hydrogen) atoms. The van der Waals surface area contributed by atoms with Crippen LogP contribution in [-0.4, -0.2) is 19.6 Å². The van der Waals surface area contributed by atoms with Crippen molar-refractivity contribution in [2.24, 2.45) is 0 Å². The van der Waals surface area contributed by atoms with Gasteiger partial charge in [0, 0.05) is 10.5 Å². The van der Waals surface area contributed by atoms with E-state index in [4.69, 9.17) is 9.47 Å². The first-order valence-electron chi connectivity index (χ1n) is 6.08. The number of rotatable bonds is 2. The molecule has 0 atom stereocenters. The van der Waals surface area contributed by atoms with Gasteiger partial charge < -0.3 is 9.47 Å². The zero-order valence-corrected chi connectivity index (χ0v) is 12.4. The highest BCUT2D eigenvalue weighted by Crippen LogP contribution is 2.39. The summed E-state index contributed by atoms with van der Waals surface area (Å²) < 4.78 is 11.6. The molecule has 0 spiro atoms. The summed E-state index contributed by atoms with van der Waals surface area (Å²) in [6.07, 6.45) is 0. The molecular weight excluding hydrogens is 322 g/mol. The Labute approximate surface area is 125 Å². The molecule has 0 aliphatic carbocycles. The van der Waals surface area contributed by atoms with Crippen LogP contribution in [0.25, 0.3) is 0 Å². The topological polar surface area (TPSA) is 38.8 Å². The van der Waals surface area contributed by atoms with Crippen LogP contribution in [0, 0.1) is 0 Å². The molecule has 0 saturated heterocycles. The van der Waals surface area contributed by atoms with Gasteiger partial charge in [-0.05, 0) is 30.3 Å². The van der Waals surface area contributed by atoms with Crippen LogP contribution in [0.15, 0.2) is 46.9 Å². The third-order valence-electron chi connectivity index (χ3n) is 3.07. The summed E-state index contributed by atoms with van der Waals surface area (Å²) in [5, 5.41) is 0. The van der Waals surface area contributed by atoms with E-state index in [0.717, 1.165) is 15.8 Å². The Morgan fingerprint density at radius 2 is 2.10 bits per heavy atom. The molecular formula is C15H12BrNO3. The Morgan fingerprint density at radius 3 is 2.90 bits per heavy atom. The zero-order valence-electron chi connectivity index (χ0n) is 10.8. The van der Waals surface area contributed by atoms with Gasteiger partial charge in [-0.3, -0.25) is 9.69 Å². The second-order valence-corrected chi connectivity index (χ2v) is 5.25. The molecule has 2 aromatic rings. The van der Waals surface area contributed by atoms with E-state index in [1.807, 2.05) is 42.5 Å². The van der Waals surface area contributed by atoms with E-state index in [2.05, 4.69) is 15.9 Å². The Balaban J connectivity index is 2.12. The third kappa shape index (κ3) is 2.25. The molecule has 0 bridgehead atoms. The minimum Gasteiger partial charge on any atom is -0.497 e. The molecule has 4 nitrogen and oxygen atoms in total. The number of halogens is 1. The summed E-state index contributed by atoms with van der Waals surface area (Å²) in [5.74, 6) is 1.29. The fourth-order valence-corrected chi connectivity index (χ4v) is 2.51. The number of ether oxygens (including phenoxy) is 2. The SMILES string of the molecule is COc1cccc(N2C(=O)COc3ccc(Br)cc32)c1. The number of methoxy groups -OCH3 is 1. The lowest BCUT2D eigenvalue weighted by molar-refractivity contribution is -0.120. The molecule has 102 valence electrons. The fraction of sp³-hybridized carbons (Fsp3) is 0.133. The number of amides is 1. The standard InChI is InChI=1S/C15H12BrNO3/c1-19-12-4-2-3-11(8-12)17-13-7-10(16)5-6-14(13)20-9-15(17)18/h2-8H,9H2,1H3. The van der Waals surface area contributed by atoms with Crippen molar-refractivity contribution in [2.45, 2.75) is 0 Å². The Kier molecular flexibility index (Phi) is 3.36. The summed E-state index contributed by atoms with van der Waals surface area (Å²) in [6.45, 7) is 0.0336. The highest BCUT2D eigenvalue weighted by molar-refractivity contribution is 9.10. The van der Waals surface area contributed by atoms with Gasteiger partial charge in [-0.15, -0.1) is 0 Å². The summed E-state index contributed by atoms with van der Waals surface area (Å²) in [4.78, 5) is 13.9. The van der Waals surface area contributed by atoms with Gasteiger partial charge in [0.25, 0.3) is 5.91 Å². The second-order valence-electron chi connectivity index (χ2n) is 4.33. The maximum atomic E-state index is 12.2. The maximum absolute atomic E-state index is 12.2. The van der Waals surface area contributed by atoms with Gasteiger partial charge in [0.15, 0.2) is 6.61 Å². The van der Waals surface area contributed by atoms with Crippen LogP contribution in [0.5, 0.6) is 11.5 Å². The lowest BCUT2D eigenvalue weighted by atomic mass is 10.2. The van der Waals surface area contributed by atoms with E-state index < -0.39 is 0 Å². The normalized spacial score (nSPS) is 13.7. The van der Waals surface area contributed by atoms with E-state index in [9.17, 15) is 4.79 Å². The highest BCUT2D eigenvalue weighted by Gasteiger charge is 2.27. The molecule has 2 aromatic carbocycles. The van der Waals surface area contributed by atoms with Crippen molar-refractivity contribution in [3.8, 4) is 11.5 Å². The summed E-state index contributed by atoms with van der Waals surface area (Å²) >= 11 is 3.42. The number of hydrogen-bond acceptors (Lipinski definition) is 3. The van der Waals surface area contributed by atoms with E-state index in [-0.39, 0.29) is 12.5 Å². The molecule has 0 aromatic heterocycles. The van der Waals surface area contributed by atoms with Crippen molar-refractivity contribution in [3.05, 3.63) is 46.9 Å². The molecule has 1 heterocycles. The summed E-state index contributed by atoms with van der Waals surface area (Å²) in [7, 11) is 1.60. The lowest BCUT2D eigenvalue weighted by Gasteiger charge is -2.29. The van der Waals surface area contributed by atoms with Crippen molar-refractivity contribution >= 4 is 33.2 Å². The maximum Gasteiger partial charge on any atom is 0.269 e. The van der Waals surface area contributed by atoms with Gasteiger partial charge in [-0.2, -0.15) is 0 Å². The molecule has 1 aliphatic rings.